The van der Waals surface area contributed by atoms with Gasteiger partial charge in [-0.3, -0.25) is 0 Å². The number of rotatable bonds is 0. The Hall–Kier alpha value is 0.500. The first-order valence-corrected chi connectivity index (χ1v) is 2.45. The van der Waals surface area contributed by atoms with Gasteiger partial charge in [-0.1, -0.05) is 23.2 Å². The molecule has 1 rings (SSSR count). The van der Waals surface area contributed by atoms with E-state index in [1.54, 1.807) is 0 Å². The first-order valence-electron chi connectivity index (χ1n) is 4.69. The van der Waals surface area contributed by atoms with Crippen LogP contribution in [0.1, 0.15) is 8.22 Å². The third kappa shape index (κ3) is 1.49. The van der Waals surface area contributed by atoms with Gasteiger partial charge in [-0.15, -0.1) is 0 Å². The molecular formula is C4H6Cl2O2. The summed E-state index contributed by atoms with van der Waals surface area (Å²) in [7, 11) is 0. The van der Waals surface area contributed by atoms with Gasteiger partial charge in [0.05, 0.1) is 21.3 Å². The molecule has 0 amide bonds. The molecule has 0 aromatic heterocycles. The highest BCUT2D eigenvalue weighted by Gasteiger charge is 2.21. The lowest BCUT2D eigenvalue weighted by Crippen LogP contribution is -2.30. The normalized spacial score (nSPS) is 81.8. The fraction of sp³-hybridized carbons (Fsp3) is 1.00. The average molecular weight is 163 g/mol. The minimum Gasteiger partial charge on any atom is -0.356 e. The number of halogens is 2. The Labute approximate surface area is 66.1 Å². The molecule has 2 nitrogen and oxygen atoms in total. The highest BCUT2D eigenvalue weighted by molar-refractivity contribution is 6.28. The van der Waals surface area contributed by atoms with Crippen molar-refractivity contribution in [2.75, 3.05) is 13.1 Å². The van der Waals surface area contributed by atoms with Crippen molar-refractivity contribution in [3.8, 4) is 0 Å². The van der Waals surface area contributed by atoms with Gasteiger partial charge < -0.3 is 9.47 Å². The van der Waals surface area contributed by atoms with E-state index in [0.29, 0.717) is 0 Å². The molecule has 0 aromatic carbocycles. The minimum atomic E-state index is -2.95. The molecule has 1 aliphatic heterocycles. The summed E-state index contributed by atoms with van der Waals surface area (Å²) in [6.45, 7) is -5.90. The quantitative estimate of drug-likeness (QED) is 0.499. The molecule has 0 spiro atoms. The van der Waals surface area contributed by atoms with Gasteiger partial charge in [0.15, 0.2) is 11.1 Å². The van der Waals surface area contributed by atoms with E-state index < -0.39 is 24.2 Å². The molecule has 4 heteroatoms. The van der Waals surface area contributed by atoms with Crippen LogP contribution in [0.3, 0.4) is 0 Å². The second kappa shape index (κ2) is 2.87. The maximum atomic E-state index is 7.15. The van der Waals surface area contributed by atoms with E-state index >= 15 is 0 Å². The fourth-order valence-corrected chi connectivity index (χ4v) is 0.366. The third-order valence-electron chi connectivity index (χ3n) is 0.477. The predicted octanol–water partition coefficient (Wildman–Crippen LogP) is 1.16. The minimum absolute atomic E-state index is 2.72. The van der Waals surface area contributed by atoms with Crippen LogP contribution in [0.15, 0.2) is 0 Å². The molecule has 1 aliphatic rings. The Bertz CT molecular complexity index is 204. The van der Waals surface area contributed by atoms with Crippen molar-refractivity contribution in [1.29, 1.82) is 0 Å². The summed E-state index contributed by atoms with van der Waals surface area (Å²) in [5.74, 6) is 0. The van der Waals surface area contributed by atoms with Crippen LogP contribution in [0, 0.1) is 0 Å². The molecular weight excluding hydrogens is 151 g/mol. The molecule has 1 saturated heterocycles. The second-order valence-corrected chi connectivity index (χ2v) is 1.64. The van der Waals surface area contributed by atoms with Crippen molar-refractivity contribution >= 4 is 23.2 Å². The lowest BCUT2D eigenvalue weighted by Gasteiger charge is -2.22. The van der Waals surface area contributed by atoms with E-state index in [4.69, 9.17) is 31.4 Å². The maximum Gasteiger partial charge on any atom is 0.171 e. The molecule has 8 heavy (non-hydrogen) atoms. The van der Waals surface area contributed by atoms with E-state index in [9.17, 15) is 0 Å². The first kappa shape index (κ1) is 2.27. The van der Waals surface area contributed by atoms with Crippen LogP contribution in [-0.4, -0.2) is 24.2 Å². The van der Waals surface area contributed by atoms with E-state index in [2.05, 4.69) is 9.47 Å². The molecule has 2 atom stereocenters. The Morgan fingerprint density at radius 2 is 1.75 bits per heavy atom. The highest BCUT2D eigenvalue weighted by atomic mass is 35.5. The van der Waals surface area contributed by atoms with E-state index in [0.717, 1.165) is 0 Å². The molecule has 2 unspecified atom stereocenters. The molecule has 0 radical (unpaired) electrons. The summed E-state index contributed by atoms with van der Waals surface area (Å²) >= 11 is 10.5. The molecule has 0 aliphatic carbocycles. The Morgan fingerprint density at radius 1 is 1.38 bits per heavy atom. The Balaban J connectivity index is 3.07. The fourth-order valence-electron chi connectivity index (χ4n) is 0.212. The zero-order valence-electron chi connectivity index (χ0n) is 9.57. The lowest BCUT2D eigenvalue weighted by molar-refractivity contribution is -0.0728. The van der Waals surface area contributed by atoms with Crippen LogP contribution in [0.2, 0.25) is 0 Å². The highest BCUT2D eigenvalue weighted by Crippen LogP contribution is 2.16. The summed E-state index contributed by atoms with van der Waals surface area (Å²) in [6, 6.07) is 0. The van der Waals surface area contributed by atoms with Crippen molar-refractivity contribution in [3.63, 3.8) is 0 Å². The maximum absolute atomic E-state index is 7.15. The van der Waals surface area contributed by atoms with Crippen LogP contribution in [0.4, 0.5) is 0 Å². The van der Waals surface area contributed by atoms with Gasteiger partial charge in [0.1, 0.15) is 0 Å². The van der Waals surface area contributed by atoms with Gasteiger partial charge in [-0.05, 0) is 0 Å². The SMILES string of the molecule is [2H]C1([2H])OC([2H])(Cl)C([2H])(Cl)OC1([2H])[2H]. The van der Waals surface area contributed by atoms with Crippen molar-refractivity contribution in [3.05, 3.63) is 0 Å². The van der Waals surface area contributed by atoms with Gasteiger partial charge in [-0.25, -0.2) is 0 Å². The zero-order chi connectivity index (χ0) is 11.4. The van der Waals surface area contributed by atoms with Gasteiger partial charge in [0, 0.05) is 0 Å². The topological polar surface area (TPSA) is 18.5 Å². The number of hydrogen-bond donors (Lipinski definition) is 0. The summed E-state index contributed by atoms with van der Waals surface area (Å²) < 4.78 is 51.0. The van der Waals surface area contributed by atoms with Crippen LogP contribution >= 0.6 is 23.2 Å². The summed E-state index contributed by atoms with van der Waals surface area (Å²) in [5, 5.41) is 0. The molecule has 0 N–H and O–H groups in total. The number of hydrogen-bond acceptors (Lipinski definition) is 2. The van der Waals surface area contributed by atoms with E-state index in [-0.39, 0.29) is 0 Å². The van der Waals surface area contributed by atoms with E-state index in [1.165, 1.54) is 0 Å². The predicted molar refractivity (Wildman–Crippen MR) is 31.2 cm³/mol. The molecule has 48 valence electrons. The van der Waals surface area contributed by atoms with Gasteiger partial charge >= 0.3 is 0 Å². The number of alkyl halides is 2. The monoisotopic (exact) mass is 162 g/mol. The molecule has 0 aromatic rings. The van der Waals surface area contributed by atoms with Gasteiger partial charge in [-0.2, -0.15) is 0 Å². The number of ether oxygens (including phenoxy) is 2. The van der Waals surface area contributed by atoms with Crippen LogP contribution in [-0.2, 0) is 9.47 Å². The van der Waals surface area contributed by atoms with Crippen LogP contribution in [0.25, 0.3) is 0 Å². The summed E-state index contributed by atoms with van der Waals surface area (Å²) in [6.07, 6.45) is 0. The third-order valence-corrected chi connectivity index (χ3v) is 1.07. The summed E-state index contributed by atoms with van der Waals surface area (Å²) in [4.78, 5) is 0. The largest absolute Gasteiger partial charge is 0.356 e. The Morgan fingerprint density at radius 3 is 2.12 bits per heavy atom. The molecule has 1 heterocycles. The molecule has 0 saturated carbocycles. The van der Waals surface area contributed by atoms with Crippen molar-refractivity contribution in [2.45, 2.75) is 11.1 Å². The van der Waals surface area contributed by atoms with Crippen LogP contribution < -0.4 is 0 Å². The lowest BCUT2D eigenvalue weighted by atomic mass is 10.6. The van der Waals surface area contributed by atoms with Crippen molar-refractivity contribution in [1.82, 2.24) is 0 Å². The van der Waals surface area contributed by atoms with Gasteiger partial charge in [0.25, 0.3) is 0 Å². The first-order chi connectivity index (χ1) is 5.91. The smallest absolute Gasteiger partial charge is 0.171 e. The summed E-state index contributed by atoms with van der Waals surface area (Å²) in [5.41, 5.74) is -5.44. The van der Waals surface area contributed by atoms with Crippen molar-refractivity contribution < 1.29 is 17.7 Å². The zero-order valence-corrected chi connectivity index (χ0v) is 5.08. The van der Waals surface area contributed by atoms with Crippen LogP contribution in [0.5, 0.6) is 0 Å². The standard InChI is InChI=1S/C4H6Cl2O2/c5-3-4(6)8-2-1-7-3/h3-4H,1-2H2/i1D2,2D2,3D,4D. The molecule has 0 bridgehead atoms. The average Bonchev–Trinajstić information content (AvgIpc) is 1.78. The van der Waals surface area contributed by atoms with E-state index in [1.807, 2.05) is 0 Å². The Kier molecular flexibility index (Phi) is 0.817. The van der Waals surface area contributed by atoms with Gasteiger partial charge in [0.2, 0.25) is 0 Å². The van der Waals surface area contributed by atoms with Crippen molar-refractivity contribution in [2.24, 2.45) is 0 Å². The molecule has 1 fully saturated rings. The second-order valence-electron chi connectivity index (χ2n) is 0.956.